The van der Waals surface area contributed by atoms with E-state index in [1.807, 2.05) is 11.3 Å². The van der Waals surface area contributed by atoms with Crippen LogP contribution in [0.3, 0.4) is 0 Å². The van der Waals surface area contributed by atoms with Crippen molar-refractivity contribution in [1.29, 1.82) is 0 Å². The van der Waals surface area contributed by atoms with Crippen molar-refractivity contribution in [1.82, 2.24) is 10.3 Å². The van der Waals surface area contributed by atoms with Gasteiger partial charge in [-0.1, -0.05) is 6.92 Å². The Bertz CT molecular complexity index is 487. The molecule has 0 aliphatic rings. The number of hydrogen-bond donors (Lipinski definition) is 1. The third kappa shape index (κ3) is 3.64. The minimum absolute atomic E-state index is 0.440. The summed E-state index contributed by atoms with van der Waals surface area (Å²) in [5, 5.41) is 6.88. The van der Waals surface area contributed by atoms with E-state index in [2.05, 4.69) is 48.6 Å². The number of thiophene rings is 1. The molecule has 98 valence electrons. The summed E-state index contributed by atoms with van der Waals surface area (Å²) in [6, 6.07) is 4.92. The highest BCUT2D eigenvalue weighted by Crippen LogP contribution is 2.23. The lowest BCUT2D eigenvalue weighted by molar-refractivity contribution is 0.582. The Kier molecular flexibility index (Phi) is 4.92. The minimum atomic E-state index is 0.440. The third-order valence-electron chi connectivity index (χ3n) is 2.96. The Labute approximate surface area is 117 Å². The fraction of sp³-hybridized carbons (Fsp3) is 0.500. The van der Waals surface area contributed by atoms with E-state index in [0.29, 0.717) is 6.04 Å². The molecule has 0 saturated carbocycles. The minimum Gasteiger partial charge on any atom is -0.309 e. The normalized spacial score (nSPS) is 12.8. The molecule has 0 amide bonds. The van der Waals surface area contributed by atoms with Gasteiger partial charge in [0.15, 0.2) is 0 Å². The largest absolute Gasteiger partial charge is 0.309 e. The Morgan fingerprint density at radius 3 is 2.83 bits per heavy atom. The molecular formula is C14H20N2S2. The Morgan fingerprint density at radius 1 is 1.39 bits per heavy atom. The van der Waals surface area contributed by atoms with E-state index in [9.17, 15) is 0 Å². The summed E-state index contributed by atoms with van der Waals surface area (Å²) in [5.41, 5.74) is 1.21. The fourth-order valence-corrected chi connectivity index (χ4v) is 3.48. The number of aromatic nitrogens is 1. The van der Waals surface area contributed by atoms with E-state index >= 15 is 0 Å². The number of thiazole rings is 1. The van der Waals surface area contributed by atoms with Gasteiger partial charge in [-0.3, -0.25) is 0 Å². The van der Waals surface area contributed by atoms with Crippen molar-refractivity contribution in [2.24, 2.45) is 0 Å². The molecule has 4 heteroatoms. The van der Waals surface area contributed by atoms with Crippen molar-refractivity contribution < 1.29 is 0 Å². The van der Waals surface area contributed by atoms with Gasteiger partial charge in [0.2, 0.25) is 0 Å². The zero-order valence-electron chi connectivity index (χ0n) is 11.2. The SMILES string of the molecule is CCc1ccc(C(C)NCCc2csc(C)n2)s1. The van der Waals surface area contributed by atoms with Gasteiger partial charge in [-0.2, -0.15) is 0 Å². The fourth-order valence-electron chi connectivity index (χ4n) is 1.86. The maximum Gasteiger partial charge on any atom is 0.0897 e. The molecule has 1 N–H and O–H groups in total. The van der Waals surface area contributed by atoms with Gasteiger partial charge in [-0.25, -0.2) is 4.98 Å². The molecule has 18 heavy (non-hydrogen) atoms. The van der Waals surface area contributed by atoms with Gasteiger partial charge >= 0.3 is 0 Å². The van der Waals surface area contributed by atoms with Crippen LogP contribution < -0.4 is 5.32 Å². The van der Waals surface area contributed by atoms with Crippen molar-refractivity contribution in [2.75, 3.05) is 6.54 Å². The summed E-state index contributed by atoms with van der Waals surface area (Å²) >= 11 is 3.64. The van der Waals surface area contributed by atoms with E-state index in [1.165, 1.54) is 15.4 Å². The number of rotatable bonds is 6. The standard InChI is InChI=1S/C14H20N2S2/c1-4-13-5-6-14(18-13)10(2)15-8-7-12-9-17-11(3)16-12/h5-6,9-10,15H,4,7-8H2,1-3H3. The molecule has 0 aromatic carbocycles. The molecule has 2 nitrogen and oxygen atoms in total. The van der Waals surface area contributed by atoms with Crippen molar-refractivity contribution in [3.63, 3.8) is 0 Å². The molecule has 2 heterocycles. The highest BCUT2D eigenvalue weighted by atomic mass is 32.1. The molecule has 0 spiro atoms. The molecule has 0 bridgehead atoms. The maximum atomic E-state index is 4.48. The molecule has 0 aliphatic carbocycles. The van der Waals surface area contributed by atoms with Crippen LogP contribution in [-0.2, 0) is 12.8 Å². The van der Waals surface area contributed by atoms with Crippen LogP contribution in [-0.4, -0.2) is 11.5 Å². The highest BCUT2D eigenvalue weighted by Gasteiger charge is 2.07. The van der Waals surface area contributed by atoms with Crippen molar-refractivity contribution >= 4 is 22.7 Å². The Hall–Kier alpha value is -0.710. The molecule has 0 saturated heterocycles. The summed E-state index contributed by atoms with van der Waals surface area (Å²) in [6.07, 6.45) is 2.15. The second-order valence-electron chi connectivity index (χ2n) is 4.44. The van der Waals surface area contributed by atoms with Crippen LogP contribution in [0.5, 0.6) is 0 Å². The zero-order chi connectivity index (χ0) is 13.0. The van der Waals surface area contributed by atoms with Gasteiger partial charge in [-0.15, -0.1) is 22.7 Å². The summed E-state index contributed by atoms with van der Waals surface area (Å²) in [7, 11) is 0. The van der Waals surface area contributed by atoms with Crippen LogP contribution in [0.2, 0.25) is 0 Å². The van der Waals surface area contributed by atoms with Gasteiger partial charge in [0.05, 0.1) is 10.7 Å². The van der Waals surface area contributed by atoms with E-state index in [-0.39, 0.29) is 0 Å². The Balaban J connectivity index is 1.79. The predicted octanol–water partition coefficient (Wildman–Crippen LogP) is 3.97. The van der Waals surface area contributed by atoms with Crippen LogP contribution >= 0.6 is 22.7 Å². The second-order valence-corrected chi connectivity index (χ2v) is 6.70. The smallest absolute Gasteiger partial charge is 0.0897 e. The average molecular weight is 280 g/mol. The molecule has 0 radical (unpaired) electrons. The van der Waals surface area contributed by atoms with Crippen LogP contribution in [0.15, 0.2) is 17.5 Å². The van der Waals surface area contributed by atoms with Gasteiger partial charge < -0.3 is 5.32 Å². The van der Waals surface area contributed by atoms with E-state index < -0.39 is 0 Å². The van der Waals surface area contributed by atoms with Crippen LogP contribution in [0.4, 0.5) is 0 Å². The predicted molar refractivity (Wildman–Crippen MR) is 80.7 cm³/mol. The van der Waals surface area contributed by atoms with Gasteiger partial charge in [0.25, 0.3) is 0 Å². The van der Waals surface area contributed by atoms with E-state index in [0.717, 1.165) is 24.4 Å². The first-order chi connectivity index (χ1) is 8.69. The molecule has 1 unspecified atom stereocenters. The van der Waals surface area contributed by atoms with Crippen molar-refractivity contribution in [2.45, 2.75) is 39.7 Å². The third-order valence-corrected chi connectivity index (χ3v) is 5.19. The second kappa shape index (κ2) is 6.45. The van der Waals surface area contributed by atoms with Crippen LogP contribution in [0.1, 0.15) is 40.3 Å². The monoisotopic (exact) mass is 280 g/mol. The first-order valence-electron chi connectivity index (χ1n) is 6.42. The molecular weight excluding hydrogens is 260 g/mol. The average Bonchev–Trinajstić information content (AvgIpc) is 2.98. The first-order valence-corrected chi connectivity index (χ1v) is 8.11. The lowest BCUT2D eigenvalue weighted by Crippen LogP contribution is -2.20. The van der Waals surface area contributed by atoms with Gasteiger partial charge in [0.1, 0.15) is 0 Å². The molecule has 2 rings (SSSR count). The van der Waals surface area contributed by atoms with Crippen molar-refractivity contribution in [3.05, 3.63) is 38.0 Å². The van der Waals surface area contributed by atoms with Crippen LogP contribution in [0, 0.1) is 6.92 Å². The Morgan fingerprint density at radius 2 is 2.22 bits per heavy atom. The molecule has 2 aromatic rings. The number of nitrogens with one attached hydrogen (secondary N) is 1. The quantitative estimate of drug-likeness (QED) is 0.866. The summed E-state index contributed by atoms with van der Waals surface area (Å²) in [6.45, 7) is 7.49. The van der Waals surface area contributed by atoms with E-state index in [1.54, 1.807) is 11.3 Å². The number of hydrogen-bond acceptors (Lipinski definition) is 4. The summed E-state index contributed by atoms with van der Waals surface area (Å²) in [4.78, 5) is 7.38. The number of nitrogens with zero attached hydrogens (tertiary/aromatic N) is 1. The van der Waals surface area contributed by atoms with Crippen LogP contribution in [0.25, 0.3) is 0 Å². The zero-order valence-corrected chi connectivity index (χ0v) is 12.8. The number of aryl methyl sites for hydroxylation is 2. The van der Waals surface area contributed by atoms with Gasteiger partial charge in [0, 0.05) is 34.1 Å². The lowest BCUT2D eigenvalue weighted by atomic mass is 10.2. The molecule has 0 fully saturated rings. The summed E-state index contributed by atoms with van der Waals surface area (Å²) in [5.74, 6) is 0. The van der Waals surface area contributed by atoms with Gasteiger partial charge in [-0.05, 0) is 32.4 Å². The van der Waals surface area contributed by atoms with Crippen molar-refractivity contribution in [3.8, 4) is 0 Å². The molecule has 1 atom stereocenters. The topological polar surface area (TPSA) is 24.9 Å². The van der Waals surface area contributed by atoms with E-state index in [4.69, 9.17) is 0 Å². The maximum absolute atomic E-state index is 4.48. The highest BCUT2D eigenvalue weighted by molar-refractivity contribution is 7.12. The molecule has 0 aliphatic heterocycles. The lowest BCUT2D eigenvalue weighted by Gasteiger charge is -2.11. The molecule has 2 aromatic heterocycles. The first kappa shape index (κ1) is 13.7. The summed E-state index contributed by atoms with van der Waals surface area (Å²) < 4.78 is 0.